The molecule has 2 aromatic rings. The number of hydrogen-bond donors (Lipinski definition) is 0. The summed E-state index contributed by atoms with van der Waals surface area (Å²) in [5.74, 6) is 0. The van der Waals surface area contributed by atoms with Gasteiger partial charge in [-0.3, -0.25) is 0 Å². The van der Waals surface area contributed by atoms with Crippen molar-refractivity contribution in [1.29, 1.82) is 0 Å². The van der Waals surface area contributed by atoms with E-state index in [9.17, 15) is 5.53 Å². The van der Waals surface area contributed by atoms with E-state index in [1.165, 1.54) is 128 Å². The number of nitrogens with zero attached hydrogens (tertiary/aromatic N) is 2. The fraction of sp³-hybridized carbons (Fsp3) is 0.619. The second kappa shape index (κ2) is 25.1. The number of allylic oxidation sites excluding steroid dienone is 2. The topological polar surface area (TPSA) is 25.3 Å². The molecule has 3 heteroatoms. The van der Waals surface area contributed by atoms with E-state index in [0.717, 1.165) is 48.2 Å². The first-order valence-corrected chi connectivity index (χ1v) is 20.1. The van der Waals surface area contributed by atoms with Crippen LogP contribution in [0, 0.1) is 0 Å². The Morgan fingerprint density at radius 2 is 1.09 bits per heavy atom. The number of hydrogen-bond acceptors (Lipinski definition) is 0. The van der Waals surface area contributed by atoms with Crippen molar-refractivity contribution in [1.82, 2.24) is 0 Å². The fourth-order valence-electron chi connectivity index (χ4n) is 5.66. The summed E-state index contributed by atoms with van der Waals surface area (Å²) in [7, 11) is 0. The minimum absolute atomic E-state index is 0.912. The van der Waals surface area contributed by atoms with Crippen LogP contribution in [-0.2, 0) is 27.3 Å². The monoisotopic (exact) mass is 656 g/mol. The predicted octanol–water partition coefficient (Wildman–Crippen LogP) is 14.2. The number of unbranched alkanes of at least 4 members (excludes halogenated alkanes) is 11. The van der Waals surface area contributed by atoms with Crippen molar-refractivity contribution in [2.24, 2.45) is 0 Å². The molecule has 0 amide bonds. The molecular weight excluding hydrogens is 591 g/mol. The molecule has 1 heterocycles. The maximum atomic E-state index is 11.4. The Labute approximate surface area is 284 Å². The summed E-state index contributed by atoms with van der Waals surface area (Å²) in [6, 6.07) is 17.7. The van der Waals surface area contributed by atoms with E-state index in [-0.39, 0.29) is 0 Å². The Balaban J connectivity index is 0.000000681. The zero-order valence-electron chi connectivity index (χ0n) is 29.8. The normalized spacial score (nSPS) is 12.9. The van der Waals surface area contributed by atoms with Crippen LogP contribution in [0.4, 0.5) is 0 Å². The van der Waals surface area contributed by atoms with Gasteiger partial charge < -0.3 is 5.53 Å². The van der Waals surface area contributed by atoms with Crippen molar-refractivity contribution in [2.45, 2.75) is 167 Å². The van der Waals surface area contributed by atoms with Gasteiger partial charge in [0.2, 0.25) is 11.4 Å². The SMILES string of the molecule is CCCCCCCCc1cccc(C2=CC(CCCCCC)=C(c3ccc(CCCC)cc3)[N+]2=[N-])c1.CCC[CH2][Ni][CH2]CCC. The molecule has 0 saturated carbocycles. The van der Waals surface area contributed by atoms with Gasteiger partial charge in [0, 0.05) is 22.8 Å². The molecule has 0 fully saturated rings. The van der Waals surface area contributed by atoms with Crippen molar-refractivity contribution >= 4 is 11.4 Å². The van der Waals surface area contributed by atoms with E-state index in [1.54, 1.807) is 0 Å². The zero-order valence-corrected chi connectivity index (χ0v) is 30.7. The Kier molecular flexibility index (Phi) is 21.9. The van der Waals surface area contributed by atoms with Crippen LogP contribution in [-0.4, -0.2) is 4.70 Å². The van der Waals surface area contributed by atoms with Gasteiger partial charge in [0.1, 0.15) is 0 Å². The molecule has 0 saturated heterocycles. The van der Waals surface area contributed by atoms with Crippen molar-refractivity contribution in [3.05, 3.63) is 88.0 Å². The second-order valence-corrected chi connectivity index (χ2v) is 14.2. The van der Waals surface area contributed by atoms with Crippen molar-refractivity contribution < 1.29 is 19.1 Å². The quantitative estimate of drug-likeness (QED) is 0.0646. The molecule has 0 N–H and O–H groups in total. The van der Waals surface area contributed by atoms with Crippen LogP contribution in [0.25, 0.3) is 16.9 Å². The summed E-state index contributed by atoms with van der Waals surface area (Å²) in [6.45, 7) is 11.3. The molecule has 3 rings (SSSR count). The van der Waals surface area contributed by atoms with Crippen LogP contribution >= 0.6 is 0 Å². The number of rotatable bonds is 23. The predicted molar refractivity (Wildman–Crippen MR) is 195 cm³/mol. The Bertz CT molecular complexity index is 1120. The summed E-state index contributed by atoms with van der Waals surface area (Å²) in [4.78, 5) is 0. The Morgan fingerprint density at radius 1 is 0.533 bits per heavy atom. The number of aryl methyl sites for hydroxylation is 2. The molecule has 254 valence electrons. The Hall–Kier alpha value is -1.99. The maximum absolute atomic E-state index is 11.4. The van der Waals surface area contributed by atoms with Gasteiger partial charge in [0.25, 0.3) is 0 Å². The molecule has 1 aliphatic rings. The molecule has 2 nitrogen and oxygen atoms in total. The number of benzene rings is 2. The average molecular weight is 658 g/mol. The molecule has 0 aliphatic carbocycles. The van der Waals surface area contributed by atoms with E-state index < -0.39 is 0 Å². The Morgan fingerprint density at radius 3 is 1.73 bits per heavy atom. The van der Waals surface area contributed by atoms with Crippen molar-refractivity contribution in [3.8, 4) is 0 Å². The first kappa shape index (κ1) is 39.2. The van der Waals surface area contributed by atoms with Gasteiger partial charge >= 0.3 is 64.8 Å². The van der Waals surface area contributed by atoms with Gasteiger partial charge in [0.15, 0.2) is 0 Å². The molecule has 2 aromatic carbocycles. The first-order chi connectivity index (χ1) is 22.1. The van der Waals surface area contributed by atoms with E-state index in [2.05, 4.69) is 89.2 Å². The van der Waals surface area contributed by atoms with E-state index in [4.69, 9.17) is 0 Å². The van der Waals surface area contributed by atoms with Gasteiger partial charge in [-0.1, -0.05) is 103 Å². The van der Waals surface area contributed by atoms with E-state index >= 15 is 0 Å². The van der Waals surface area contributed by atoms with Crippen molar-refractivity contribution in [3.63, 3.8) is 0 Å². The zero-order chi connectivity index (χ0) is 32.5. The van der Waals surface area contributed by atoms with Crippen LogP contribution in [0.2, 0.25) is 10.8 Å². The summed E-state index contributed by atoms with van der Waals surface area (Å²) in [6.07, 6.45) is 26.2. The van der Waals surface area contributed by atoms with Gasteiger partial charge in [-0.15, -0.1) is 0 Å². The summed E-state index contributed by atoms with van der Waals surface area (Å²) >= 11 is 1.94. The van der Waals surface area contributed by atoms with Gasteiger partial charge in [-0.2, -0.15) is 0 Å². The fourth-order valence-corrected chi connectivity index (χ4v) is 7.10. The molecule has 0 radical (unpaired) electrons. The third kappa shape index (κ3) is 15.4. The standard InChI is InChI=1S/C34H48N2.2C4H9.Ni/c1-4-7-10-12-13-14-18-29-19-16-21-31(26-29)33-27-32(20-15-11-8-5-2)34(36(33)35)30-24-22-28(23-25-30)17-9-6-3;2*1-3-4-2;/h16,19,21-27H,4-15,17-18,20H2,1-3H3;2*1,3-4H2,2H3;. The van der Waals surface area contributed by atoms with Gasteiger partial charge in [-0.25, -0.2) is 4.70 Å². The second-order valence-electron chi connectivity index (χ2n) is 12.7. The average Bonchev–Trinajstić information content (AvgIpc) is 3.40. The van der Waals surface area contributed by atoms with Crippen LogP contribution < -0.4 is 0 Å². The molecule has 45 heavy (non-hydrogen) atoms. The molecular formula is C42H66N2Ni. The molecule has 0 aromatic heterocycles. The minimum atomic E-state index is 0.912. The molecule has 0 atom stereocenters. The third-order valence-electron chi connectivity index (χ3n) is 8.60. The van der Waals surface area contributed by atoms with E-state index in [1.807, 2.05) is 14.4 Å². The summed E-state index contributed by atoms with van der Waals surface area (Å²) in [5.41, 5.74) is 19.5. The molecule has 0 unspecified atom stereocenters. The van der Waals surface area contributed by atoms with Gasteiger partial charge in [0.05, 0.1) is 0 Å². The third-order valence-corrected chi connectivity index (χ3v) is 9.99. The van der Waals surface area contributed by atoms with Crippen molar-refractivity contribution in [2.75, 3.05) is 0 Å². The molecule has 1 aliphatic heterocycles. The van der Waals surface area contributed by atoms with Crippen LogP contribution in [0.3, 0.4) is 0 Å². The van der Waals surface area contributed by atoms with Crippen LogP contribution in [0.1, 0.15) is 166 Å². The summed E-state index contributed by atoms with van der Waals surface area (Å²) < 4.78 is 1.46. The van der Waals surface area contributed by atoms with Gasteiger partial charge in [-0.05, 0) is 73.9 Å². The van der Waals surface area contributed by atoms with Crippen LogP contribution in [0.15, 0.2) is 60.2 Å². The first-order valence-electron chi connectivity index (χ1n) is 18.7. The summed E-state index contributed by atoms with van der Waals surface area (Å²) in [5, 5.41) is 2.78. The van der Waals surface area contributed by atoms with Crippen LogP contribution in [0.5, 0.6) is 0 Å². The molecule has 0 spiro atoms. The van der Waals surface area contributed by atoms with E-state index in [0.29, 0.717) is 0 Å². The molecule has 0 bridgehead atoms.